The molecule has 0 heterocycles. The molecule has 2 rings (SSSR count). The third-order valence-electron chi connectivity index (χ3n) is 2.63. The summed E-state index contributed by atoms with van der Waals surface area (Å²) in [5.41, 5.74) is 2.50. The first kappa shape index (κ1) is 14.7. The fourth-order valence-electron chi connectivity index (χ4n) is 1.65. The lowest BCUT2D eigenvalue weighted by Gasteiger charge is -2.11. The van der Waals surface area contributed by atoms with Crippen LogP contribution in [0.4, 0.5) is 5.69 Å². The van der Waals surface area contributed by atoms with E-state index < -0.39 is 0 Å². The third-order valence-corrected chi connectivity index (χ3v) is 3.53. The number of halogens is 1. The zero-order valence-corrected chi connectivity index (χ0v) is 13.2. The van der Waals surface area contributed by atoms with Crippen molar-refractivity contribution in [3.8, 4) is 0 Å². The number of carbonyl (C=O) groups excluding carboxylic acids is 1. The van der Waals surface area contributed by atoms with E-state index in [4.69, 9.17) is 12.2 Å². The standard InChI is InChI=1S/C15H13BrN2OS/c1-10-7-8-12(16)13(9-10)17-15(20)18-14(19)11-5-3-2-4-6-11/h2-9H,1H3,(H2,17,18,19,20). The van der Waals surface area contributed by atoms with E-state index in [0.29, 0.717) is 5.56 Å². The van der Waals surface area contributed by atoms with Crippen LogP contribution in [0, 0.1) is 6.92 Å². The summed E-state index contributed by atoms with van der Waals surface area (Å²) in [6.45, 7) is 1.99. The van der Waals surface area contributed by atoms with Gasteiger partial charge in [0.05, 0.1) is 5.69 Å². The predicted octanol–water partition coefficient (Wildman–Crippen LogP) is 3.88. The smallest absolute Gasteiger partial charge is 0.257 e. The quantitative estimate of drug-likeness (QED) is 0.809. The number of thiocarbonyl (C=S) groups is 1. The molecule has 0 saturated heterocycles. The SMILES string of the molecule is Cc1ccc(Br)c(NC(=S)NC(=O)c2ccccc2)c1. The summed E-state index contributed by atoms with van der Waals surface area (Å²) in [7, 11) is 0. The molecule has 20 heavy (non-hydrogen) atoms. The molecule has 2 aromatic carbocycles. The predicted molar refractivity (Wildman–Crippen MR) is 89.0 cm³/mol. The van der Waals surface area contributed by atoms with Crippen LogP contribution in [-0.4, -0.2) is 11.0 Å². The summed E-state index contributed by atoms with van der Waals surface area (Å²) in [4.78, 5) is 11.9. The second-order valence-electron chi connectivity index (χ2n) is 4.26. The van der Waals surface area contributed by atoms with Crippen molar-refractivity contribution in [2.75, 3.05) is 5.32 Å². The van der Waals surface area contributed by atoms with Crippen molar-refractivity contribution >= 4 is 44.9 Å². The van der Waals surface area contributed by atoms with Crippen molar-refractivity contribution < 1.29 is 4.79 Å². The van der Waals surface area contributed by atoms with Crippen LogP contribution in [0.15, 0.2) is 53.0 Å². The Bertz CT molecular complexity index is 644. The molecule has 0 saturated carbocycles. The van der Waals surface area contributed by atoms with Gasteiger partial charge >= 0.3 is 0 Å². The van der Waals surface area contributed by atoms with Gasteiger partial charge in [-0.25, -0.2) is 0 Å². The Morgan fingerprint density at radius 1 is 1.15 bits per heavy atom. The zero-order valence-electron chi connectivity index (χ0n) is 10.8. The largest absolute Gasteiger partial charge is 0.331 e. The number of aryl methyl sites for hydroxylation is 1. The van der Waals surface area contributed by atoms with Gasteiger partial charge in [0.1, 0.15) is 0 Å². The minimum Gasteiger partial charge on any atom is -0.331 e. The number of benzene rings is 2. The second kappa shape index (κ2) is 6.63. The van der Waals surface area contributed by atoms with Crippen LogP contribution >= 0.6 is 28.1 Å². The Morgan fingerprint density at radius 3 is 2.55 bits per heavy atom. The monoisotopic (exact) mass is 348 g/mol. The van der Waals surface area contributed by atoms with Crippen molar-refractivity contribution in [1.82, 2.24) is 5.32 Å². The summed E-state index contributed by atoms with van der Waals surface area (Å²) in [6, 6.07) is 14.8. The minimum absolute atomic E-state index is 0.230. The first-order chi connectivity index (χ1) is 9.56. The van der Waals surface area contributed by atoms with E-state index in [1.807, 2.05) is 43.3 Å². The van der Waals surface area contributed by atoms with E-state index in [2.05, 4.69) is 26.6 Å². The third kappa shape index (κ3) is 3.88. The molecule has 0 atom stereocenters. The highest BCUT2D eigenvalue weighted by molar-refractivity contribution is 9.10. The van der Waals surface area contributed by atoms with Gasteiger partial charge in [-0.1, -0.05) is 24.3 Å². The maximum Gasteiger partial charge on any atom is 0.257 e. The summed E-state index contributed by atoms with van der Waals surface area (Å²) >= 11 is 8.59. The van der Waals surface area contributed by atoms with Gasteiger partial charge < -0.3 is 5.32 Å². The molecule has 0 aromatic heterocycles. The highest BCUT2D eigenvalue weighted by Crippen LogP contribution is 2.23. The first-order valence-electron chi connectivity index (χ1n) is 6.00. The molecule has 102 valence electrons. The molecule has 0 aliphatic heterocycles. The molecule has 5 heteroatoms. The molecular formula is C15H13BrN2OS. The van der Waals surface area contributed by atoms with Gasteiger partial charge in [-0.15, -0.1) is 0 Å². The van der Waals surface area contributed by atoms with E-state index in [9.17, 15) is 4.79 Å². The molecule has 0 fully saturated rings. The lowest BCUT2D eigenvalue weighted by atomic mass is 10.2. The Kier molecular flexibility index (Phi) is 4.87. The lowest BCUT2D eigenvalue weighted by Crippen LogP contribution is -2.34. The average Bonchev–Trinajstić information content (AvgIpc) is 2.43. The van der Waals surface area contributed by atoms with Gasteiger partial charge in [-0.3, -0.25) is 10.1 Å². The van der Waals surface area contributed by atoms with Crippen LogP contribution in [0.3, 0.4) is 0 Å². The second-order valence-corrected chi connectivity index (χ2v) is 5.52. The molecule has 2 aromatic rings. The normalized spacial score (nSPS) is 9.90. The van der Waals surface area contributed by atoms with Crippen molar-refractivity contribution in [2.24, 2.45) is 0 Å². The highest BCUT2D eigenvalue weighted by atomic mass is 79.9. The molecule has 0 radical (unpaired) electrons. The minimum atomic E-state index is -0.230. The number of anilines is 1. The summed E-state index contributed by atoms with van der Waals surface area (Å²) in [5, 5.41) is 5.92. The van der Waals surface area contributed by atoms with Crippen LogP contribution in [0.25, 0.3) is 0 Å². The Labute approximate surface area is 131 Å². The maximum absolute atomic E-state index is 11.9. The molecule has 0 spiro atoms. The first-order valence-corrected chi connectivity index (χ1v) is 7.20. The molecule has 0 bridgehead atoms. The summed E-state index contributed by atoms with van der Waals surface area (Å²) < 4.78 is 0.888. The topological polar surface area (TPSA) is 41.1 Å². The van der Waals surface area contributed by atoms with Crippen LogP contribution < -0.4 is 10.6 Å². The average molecular weight is 349 g/mol. The molecule has 1 amide bonds. The Hall–Kier alpha value is -1.72. The maximum atomic E-state index is 11.9. The van der Waals surface area contributed by atoms with E-state index in [-0.39, 0.29) is 11.0 Å². The van der Waals surface area contributed by atoms with Crippen molar-refractivity contribution in [3.05, 3.63) is 64.1 Å². The van der Waals surface area contributed by atoms with Crippen molar-refractivity contribution in [3.63, 3.8) is 0 Å². The van der Waals surface area contributed by atoms with Crippen LogP contribution in [0.1, 0.15) is 15.9 Å². The number of hydrogen-bond donors (Lipinski definition) is 2. The summed E-state index contributed by atoms with van der Waals surface area (Å²) in [5.74, 6) is -0.230. The molecule has 3 nitrogen and oxygen atoms in total. The fourth-order valence-corrected chi connectivity index (χ4v) is 2.20. The molecule has 0 unspecified atom stereocenters. The van der Waals surface area contributed by atoms with Crippen LogP contribution in [-0.2, 0) is 0 Å². The van der Waals surface area contributed by atoms with Crippen LogP contribution in [0.2, 0.25) is 0 Å². The van der Waals surface area contributed by atoms with E-state index in [1.165, 1.54) is 0 Å². The van der Waals surface area contributed by atoms with Crippen LogP contribution in [0.5, 0.6) is 0 Å². The van der Waals surface area contributed by atoms with E-state index in [0.717, 1.165) is 15.7 Å². The van der Waals surface area contributed by atoms with Crippen molar-refractivity contribution in [1.29, 1.82) is 0 Å². The van der Waals surface area contributed by atoms with Gasteiger partial charge in [0.2, 0.25) is 0 Å². The fraction of sp³-hybridized carbons (Fsp3) is 0.0667. The van der Waals surface area contributed by atoms with Crippen molar-refractivity contribution in [2.45, 2.75) is 6.92 Å². The van der Waals surface area contributed by atoms with Gasteiger partial charge in [0, 0.05) is 10.0 Å². The van der Waals surface area contributed by atoms with Gasteiger partial charge in [0.25, 0.3) is 5.91 Å². The Morgan fingerprint density at radius 2 is 1.85 bits per heavy atom. The number of hydrogen-bond acceptors (Lipinski definition) is 2. The molecular weight excluding hydrogens is 336 g/mol. The van der Waals surface area contributed by atoms with E-state index in [1.54, 1.807) is 12.1 Å². The van der Waals surface area contributed by atoms with Gasteiger partial charge in [-0.05, 0) is 64.9 Å². The van der Waals surface area contributed by atoms with E-state index >= 15 is 0 Å². The number of rotatable bonds is 2. The summed E-state index contributed by atoms with van der Waals surface area (Å²) in [6.07, 6.45) is 0. The lowest BCUT2D eigenvalue weighted by molar-refractivity contribution is 0.0978. The Balaban J connectivity index is 2.03. The zero-order chi connectivity index (χ0) is 14.5. The number of carbonyl (C=O) groups is 1. The highest BCUT2D eigenvalue weighted by Gasteiger charge is 2.08. The molecule has 0 aliphatic carbocycles. The number of amides is 1. The molecule has 2 N–H and O–H groups in total. The molecule has 0 aliphatic rings. The van der Waals surface area contributed by atoms with Gasteiger partial charge in [-0.2, -0.15) is 0 Å². The van der Waals surface area contributed by atoms with Gasteiger partial charge in [0.15, 0.2) is 5.11 Å². The number of nitrogens with one attached hydrogen (secondary N) is 2.